The molecule has 2 aromatic rings. The summed E-state index contributed by atoms with van der Waals surface area (Å²) < 4.78 is 0. The van der Waals surface area contributed by atoms with Crippen LogP contribution in [0.1, 0.15) is 22.8 Å². The molecule has 0 aliphatic rings. The molecule has 0 spiro atoms. The Morgan fingerprint density at radius 3 is 2.42 bits per heavy atom. The summed E-state index contributed by atoms with van der Waals surface area (Å²) in [6.45, 7) is 1.43. The van der Waals surface area contributed by atoms with Crippen LogP contribution < -0.4 is 16.2 Å². The van der Waals surface area contributed by atoms with Crippen LogP contribution in [0.2, 0.25) is 5.02 Å². The first kappa shape index (κ1) is 19.2. The number of hydrazine groups is 1. The van der Waals surface area contributed by atoms with E-state index in [0.717, 1.165) is 0 Å². The number of nitrogens with zero attached hydrogens (tertiary/aromatic N) is 1. The number of nitriles is 1. The molecule has 4 N–H and O–H groups in total. The van der Waals surface area contributed by atoms with E-state index in [1.54, 1.807) is 36.4 Å². The van der Waals surface area contributed by atoms with Crippen LogP contribution in [0.25, 0.3) is 0 Å². The van der Waals surface area contributed by atoms with Crippen molar-refractivity contribution in [1.29, 1.82) is 5.26 Å². The first-order chi connectivity index (χ1) is 12.4. The van der Waals surface area contributed by atoms with Crippen molar-refractivity contribution in [3.05, 3.63) is 64.7 Å². The van der Waals surface area contributed by atoms with E-state index in [-0.39, 0.29) is 5.02 Å². The summed E-state index contributed by atoms with van der Waals surface area (Å²) in [6.07, 6.45) is -1.06. The predicted molar refractivity (Wildman–Crippen MR) is 97.3 cm³/mol. The van der Waals surface area contributed by atoms with Crippen molar-refractivity contribution >= 4 is 29.1 Å². The number of carbonyl (C=O) groups excluding carboxylic acids is 2. The quantitative estimate of drug-likeness (QED) is 0.598. The summed E-state index contributed by atoms with van der Waals surface area (Å²) in [4.78, 5) is 24.3. The molecule has 2 rings (SSSR count). The highest BCUT2D eigenvalue weighted by molar-refractivity contribution is 6.32. The summed E-state index contributed by atoms with van der Waals surface area (Å²) in [5, 5.41) is 21.8. The number of amides is 2. The van der Waals surface area contributed by atoms with E-state index in [1.165, 1.54) is 19.1 Å². The van der Waals surface area contributed by atoms with Crippen molar-refractivity contribution in [2.75, 3.05) is 5.32 Å². The van der Waals surface area contributed by atoms with Crippen molar-refractivity contribution in [2.24, 2.45) is 0 Å². The Bertz CT molecular complexity index is 834. The number of aliphatic hydroxyl groups excluding tert-OH is 1. The maximum absolute atomic E-state index is 12.3. The summed E-state index contributed by atoms with van der Waals surface area (Å²) in [5.41, 5.74) is 5.69. The molecule has 0 unspecified atom stereocenters. The zero-order valence-electron chi connectivity index (χ0n) is 13.9. The molecular formula is C18H17ClN4O3. The summed E-state index contributed by atoms with van der Waals surface area (Å²) >= 11 is 5.96. The van der Waals surface area contributed by atoms with Gasteiger partial charge in [-0.1, -0.05) is 29.8 Å². The molecule has 0 saturated carbocycles. The fraction of sp³-hybridized carbons (Fsp3) is 0.167. The van der Waals surface area contributed by atoms with Crippen LogP contribution in [-0.2, 0) is 4.79 Å². The van der Waals surface area contributed by atoms with Gasteiger partial charge in [0.25, 0.3) is 11.8 Å². The predicted octanol–water partition coefficient (Wildman–Crippen LogP) is 1.83. The van der Waals surface area contributed by atoms with Gasteiger partial charge in [-0.05, 0) is 37.3 Å². The van der Waals surface area contributed by atoms with Gasteiger partial charge in [0.1, 0.15) is 12.1 Å². The molecule has 26 heavy (non-hydrogen) atoms. The minimum Gasteiger partial charge on any atom is -0.391 e. The van der Waals surface area contributed by atoms with Crippen LogP contribution in [0.4, 0.5) is 5.69 Å². The van der Waals surface area contributed by atoms with E-state index in [0.29, 0.717) is 16.8 Å². The van der Waals surface area contributed by atoms with Gasteiger partial charge >= 0.3 is 0 Å². The smallest absolute Gasteiger partial charge is 0.269 e. The van der Waals surface area contributed by atoms with Crippen molar-refractivity contribution < 1.29 is 14.7 Å². The molecule has 2 amide bonds. The Balaban J connectivity index is 2.02. The van der Waals surface area contributed by atoms with Crippen molar-refractivity contribution in [1.82, 2.24) is 10.9 Å². The van der Waals surface area contributed by atoms with E-state index in [2.05, 4.69) is 16.2 Å². The first-order valence-corrected chi connectivity index (χ1v) is 8.09. The van der Waals surface area contributed by atoms with Crippen LogP contribution in [0.15, 0.2) is 48.5 Å². The molecule has 0 radical (unpaired) electrons. The fourth-order valence-corrected chi connectivity index (χ4v) is 2.36. The Morgan fingerprint density at radius 1 is 1.15 bits per heavy atom. The molecule has 0 aliphatic heterocycles. The SMILES string of the molecule is C[C@H](O)[C@@H](Nc1ccc(C#N)c(Cl)c1)C(=O)NNC(=O)c1ccccc1. The zero-order valence-corrected chi connectivity index (χ0v) is 14.6. The highest BCUT2D eigenvalue weighted by atomic mass is 35.5. The highest BCUT2D eigenvalue weighted by Gasteiger charge is 2.24. The van der Waals surface area contributed by atoms with Gasteiger partial charge in [0.15, 0.2) is 0 Å². The van der Waals surface area contributed by atoms with E-state index in [9.17, 15) is 14.7 Å². The number of rotatable bonds is 5. The van der Waals surface area contributed by atoms with Gasteiger partial charge in [-0.3, -0.25) is 20.4 Å². The van der Waals surface area contributed by atoms with Crippen molar-refractivity contribution in [3.8, 4) is 6.07 Å². The van der Waals surface area contributed by atoms with Gasteiger partial charge < -0.3 is 10.4 Å². The summed E-state index contributed by atoms with van der Waals surface area (Å²) in [6, 6.07) is 13.8. The normalized spacial score (nSPS) is 12.4. The van der Waals surface area contributed by atoms with Gasteiger partial charge in [-0.25, -0.2) is 0 Å². The van der Waals surface area contributed by atoms with Gasteiger partial charge in [-0.2, -0.15) is 5.26 Å². The number of hydrogen-bond acceptors (Lipinski definition) is 5. The maximum atomic E-state index is 12.3. The van der Waals surface area contributed by atoms with Gasteiger partial charge in [0.2, 0.25) is 0 Å². The van der Waals surface area contributed by atoms with Crippen molar-refractivity contribution in [2.45, 2.75) is 19.1 Å². The van der Waals surface area contributed by atoms with Crippen LogP contribution in [0, 0.1) is 11.3 Å². The van der Waals surface area contributed by atoms with Gasteiger partial charge in [0.05, 0.1) is 16.7 Å². The second-order valence-corrected chi connectivity index (χ2v) is 5.89. The number of aliphatic hydroxyl groups is 1. The molecule has 0 aromatic heterocycles. The number of halogens is 1. The molecule has 8 heteroatoms. The first-order valence-electron chi connectivity index (χ1n) is 7.72. The van der Waals surface area contributed by atoms with E-state index < -0.39 is 24.0 Å². The highest BCUT2D eigenvalue weighted by Crippen LogP contribution is 2.21. The summed E-state index contributed by atoms with van der Waals surface area (Å²) in [5.74, 6) is -1.12. The number of benzene rings is 2. The Kier molecular flexibility index (Phi) is 6.55. The Labute approximate surface area is 155 Å². The average Bonchev–Trinajstić information content (AvgIpc) is 2.64. The molecule has 2 atom stereocenters. The third kappa shape index (κ3) is 4.96. The second kappa shape index (κ2) is 8.85. The Hall–Kier alpha value is -3.08. The standard InChI is InChI=1S/C18H17ClN4O3/c1-11(24)16(21-14-8-7-13(10-20)15(19)9-14)18(26)23-22-17(25)12-5-3-2-4-6-12/h2-9,11,16,21,24H,1H3,(H,22,25)(H,23,26)/t11-,16+/m0/s1. The van der Waals surface area contributed by atoms with Crippen LogP contribution >= 0.6 is 11.6 Å². The lowest BCUT2D eigenvalue weighted by atomic mass is 10.1. The fourth-order valence-electron chi connectivity index (χ4n) is 2.14. The molecule has 0 fully saturated rings. The van der Waals surface area contributed by atoms with E-state index >= 15 is 0 Å². The number of carbonyl (C=O) groups is 2. The third-order valence-electron chi connectivity index (χ3n) is 3.51. The third-order valence-corrected chi connectivity index (χ3v) is 3.82. The van der Waals surface area contributed by atoms with Crippen LogP contribution in [0.5, 0.6) is 0 Å². The molecule has 0 saturated heterocycles. The van der Waals surface area contributed by atoms with E-state index in [1.807, 2.05) is 6.07 Å². The lowest BCUT2D eigenvalue weighted by molar-refractivity contribution is -0.124. The molecule has 2 aromatic carbocycles. The van der Waals surface area contributed by atoms with Crippen molar-refractivity contribution in [3.63, 3.8) is 0 Å². The number of nitrogens with one attached hydrogen (secondary N) is 3. The van der Waals surface area contributed by atoms with Crippen LogP contribution in [-0.4, -0.2) is 29.1 Å². The Morgan fingerprint density at radius 2 is 1.85 bits per heavy atom. The molecule has 0 heterocycles. The molecular weight excluding hydrogens is 356 g/mol. The zero-order chi connectivity index (χ0) is 19.1. The molecule has 0 aliphatic carbocycles. The minimum absolute atomic E-state index is 0.222. The monoisotopic (exact) mass is 372 g/mol. The largest absolute Gasteiger partial charge is 0.391 e. The van der Waals surface area contributed by atoms with Gasteiger partial charge in [0, 0.05) is 11.3 Å². The molecule has 0 bridgehead atoms. The topological polar surface area (TPSA) is 114 Å². The number of hydrogen-bond donors (Lipinski definition) is 4. The van der Waals surface area contributed by atoms with Crippen LogP contribution in [0.3, 0.4) is 0 Å². The molecule has 134 valence electrons. The number of anilines is 1. The lowest BCUT2D eigenvalue weighted by Gasteiger charge is -2.22. The second-order valence-electron chi connectivity index (χ2n) is 5.48. The summed E-state index contributed by atoms with van der Waals surface area (Å²) in [7, 11) is 0. The van der Waals surface area contributed by atoms with Gasteiger partial charge in [-0.15, -0.1) is 0 Å². The average molecular weight is 373 g/mol. The maximum Gasteiger partial charge on any atom is 0.269 e. The van der Waals surface area contributed by atoms with E-state index in [4.69, 9.17) is 16.9 Å². The molecule has 7 nitrogen and oxygen atoms in total. The minimum atomic E-state index is -1.06. The lowest BCUT2D eigenvalue weighted by Crippen LogP contribution is -2.52.